The molecule has 0 radical (unpaired) electrons. The van der Waals surface area contributed by atoms with Crippen LogP contribution in [0.2, 0.25) is 0 Å². The van der Waals surface area contributed by atoms with E-state index in [-0.39, 0.29) is 18.5 Å². The van der Waals surface area contributed by atoms with Crippen molar-refractivity contribution in [2.75, 3.05) is 19.8 Å². The van der Waals surface area contributed by atoms with Crippen LogP contribution in [0.25, 0.3) is 0 Å². The Bertz CT molecular complexity index is 1540. The van der Waals surface area contributed by atoms with E-state index in [0.717, 1.165) is 57.8 Å². The number of carbonyl (C=O) groups is 2. The summed E-state index contributed by atoms with van der Waals surface area (Å²) in [6.45, 7) is 4.34. The third-order valence-corrected chi connectivity index (χ3v) is 18.0. The van der Waals surface area contributed by atoms with Gasteiger partial charge in [-0.1, -0.05) is 314 Å². The lowest BCUT2D eigenvalue weighted by Gasteiger charge is -2.40. The minimum Gasteiger partial charge on any atom is -0.466 e. The first kappa shape index (κ1) is 82.9. The minimum absolute atomic E-state index is 0.00627. The Hall–Kier alpha value is -2.12. The second-order valence-corrected chi connectivity index (χ2v) is 26.3. The Morgan fingerprint density at radius 1 is 0.414 bits per heavy atom. The average molecular weight is 1230 g/mol. The van der Waals surface area contributed by atoms with Gasteiger partial charge in [-0.3, -0.25) is 9.59 Å². The van der Waals surface area contributed by atoms with Crippen molar-refractivity contribution >= 4 is 11.9 Å². The molecule has 512 valence electrons. The molecule has 1 saturated heterocycles. The normalized spacial score (nSPS) is 18.0. The molecule has 1 rings (SSSR count). The quantitative estimate of drug-likeness (QED) is 0.0195. The fourth-order valence-corrected chi connectivity index (χ4v) is 12.0. The van der Waals surface area contributed by atoms with Crippen LogP contribution in [0.3, 0.4) is 0 Å². The van der Waals surface area contributed by atoms with E-state index in [0.29, 0.717) is 19.4 Å². The highest BCUT2D eigenvalue weighted by molar-refractivity contribution is 5.76. The summed E-state index contributed by atoms with van der Waals surface area (Å²) in [5.74, 6) is -0.172. The number of hydrogen-bond acceptors (Lipinski definition) is 10. The SMILES string of the molecule is CCCCCC/C=C\CCCCCCCC(=O)OCCCCCCCCCCCCCCCCCC/C=C\CCCCCCCCCCCCCCCCCCCC(=O)NC(COC1OC(CO)C(O)C(O)C1O)C(O)/C=C/CCCCCCCCC. The summed E-state index contributed by atoms with van der Waals surface area (Å²) in [5, 5.41) is 54.3. The molecule has 11 heteroatoms. The fraction of sp³-hybridized carbons (Fsp3) is 0.895. The van der Waals surface area contributed by atoms with Crippen molar-refractivity contribution in [1.29, 1.82) is 0 Å². The van der Waals surface area contributed by atoms with Crippen molar-refractivity contribution in [1.82, 2.24) is 5.32 Å². The largest absolute Gasteiger partial charge is 0.466 e. The number of nitrogens with one attached hydrogen (secondary N) is 1. The lowest BCUT2D eigenvalue weighted by molar-refractivity contribution is -0.302. The van der Waals surface area contributed by atoms with Crippen LogP contribution < -0.4 is 5.32 Å². The van der Waals surface area contributed by atoms with Gasteiger partial charge in [-0.05, 0) is 83.5 Å². The monoisotopic (exact) mass is 1230 g/mol. The van der Waals surface area contributed by atoms with Gasteiger partial charge in [-0.2, -0.15) is 0 Å². The summed E-state index contributed by atoms with van der Waals surface area (Å²) >= 11 is 0. The molecule has 0 aromatic heterocycles. The van der Waals surface area contributed by atoms with Gasteiger partial charge in [0.05, 0.1) is 32.0 Å². The third-order valence-electron chi connectivity index (χ3n) is 18.0. The highest BCUT2D eigenvalue weighted by atomic mass is 16.7. The average Bonchev–Trinajstić information content (AvgIpc) is 3.11. The van der Waals surface area contributed by atoms with Gasteiger partial charge in [0.2, 0.25) is 5.91 Å². The Balaban J connectivity index is 1.87. The van der Waals surface area contributed by atoms with E-state index >= 15 is 0 Å². The van der Waals surface area contributed by atoms with E-state index in [1.54, 1.807) is 6.08 Å². The summed E-state index contributed by atoms with van der Waals surface area (Å²) in [6, 6.07) is -0.805. The minimum atomic E-state index is -1.57. The number of rotatable bonds is 67. The molecule has 1 amide bonds. The van der Waals surface area contributed by atoms with Crippen LogP contribution in [0.4, 0.5) is 0 Å². The highest BCUT2D eigenvalue weighted by Gasteiger charge is 2.44. The van der Waals surface area contributed by atoms with Gasteiger partial charge in [0.15, 0.2) is 6.29 Å². The molecule has 0 aromatic rings. The molecule has 0 bridgehead atoms. The molecule has 0 saturated carbocycles. The van der Waals surface area contributed by atoms with Gasteiger partial charge in [0, 0.05) is 12.8 Å². The maximum absolute atomic E-state index is 13.0. The summed E-state index contributed by atoms with van der Waals surface area (Å²) in [6.07, 6.45) is 74.7. The fourth-order valence-electron chi connectivity index (χ4n) is 12.0. The van der Waals surface area contributed by atoms with Crippen LogP contribution in [0, 0.1) is 0 Å². The van der Waals surface area contributed by atoms with Crippen molar-refractivity contribution in [3.05, 3.63) is 36.5 Å². The van der Waals surface area contributed by atoms with Gasteiger partial charge >= 0.3 is 5.97 Å². The molecule has 1 heterocycles. The number of hydrogen-bond donors (Lipinski definition) is 6. The highest BCUT2D eigenvalue weighted by Crippen LogP contribution is 2.24. The maximum atomic E-state index is 13.0. The molecular weight excluding hydrogens is 1090 g/mol. The van der Waals surface area contributed by atoms with Crippen LogP contribution >= 0.6 is 0 Å². The molecule has 7 unspecified atom stereocenters. The molecule has 1 aliphatic heterocycles. The molecule has 0 spiro atoms. The number of amides is 1. The van der Waals surface area contributed by atoms with Crippen molar-refractivity contribution in [3.63, 3.8) is 0 Å². The van der Waals surface area contributed by atoms with E-state index in [2.05, 4.69) is 43.5 Å². The molecule has 87 heavy (non-hydrogen) atoms. The van der Waals surface area contributed by atoms with E-state index in [1.165, 1.54) is 289 Å². The predicted octanol–water partition coefficient (Wildman–Crippen LogP) is 19.7. The zero-order valence-corrected chi connectivity index (χ0v) is 57.0. The molecule has 0 aromatic carbocycles. The number of esters is 1. The second-order valence-electron chi connectivity index (χ2n) is 26.3. The third kappa shape index (κ3) is 54.2. The molecule has 11 nitrogen and oxygen atoms in total. The Morgan fingerprint density at radius 3 is 1.11 bits per heavy atom. The smallest absolute Gasteiger partial charge is 0.305 e. The van der Waals surface area contributed by atoms with Gasteiger partial charge in [-0.15, -0.1) is 0 Å². The Labute approximate surface area is 536 Å². The number of unbranched alkanes of at least 4 members (excludes halogenated alkanes) is 49. The van der Waals surface area contributed by atoms with Crippen molar-refractivity contribution in [3.8, 4) is 0 Å². The van der Waals surface area contributed by atoms with Crippen molar-refractivity contribution in [2.45, 2.75) is 416 Å². The van der Waals surface area contributed by atoms with E-state index in [4.69, 9.17) is 14.2 Å². The van der Waals surface area contributed by atoms with Crippen LogP contribution in [0.1, 0.15) is 373 Å². The second kappa shape index (κ2) is 65.4. The number of aliphatic hydroxyl groups excluding tert-OH is 5. The van der Waals surface area contributed by atoms with Gasteiger partial charge in [0.1, 0.15) is 24.4 Å². The Kier molecular flexibility index (Phi) is 62.3. The number of carbonyl (C=O) groups excluding carboxylic acids is 2. The summed E-state index contributed by atoms with van der Waals surface area (Å²) in [5.41, 5.74) is 0. The topological polar surface area (TPSA) is 175 Å². The summed E-state index contributed by atoms with van der Waals surface area (Å²) in [4.78, 5) is 25.1. The van der Waals surface area contributed by atoms with E-state index in [1.807, 2.05) is 6.08 Å². The Morgan fingerprint density at radius 2 is 0.736 bits per heavy atom. The standard InChI is InChI=1S/C76H143NO10/c1-3-5-7-9-11-13-14-40-44-48-52-56-60-64-72(81)85-65-61-57-53-49-45-42-39-37-35-33-31-29-27-25-23-21-19-17-15-16-18-20-22-24-26-28-30-32-34-36-38-41-43-47-51-55-59-63-71(80)77-68(69(79)62-58-54-50-46-12-10-8-6-4-2)67-86-76-75(84)74(83)73(82)70(66-78)87-76/h13-15,17,58,62,68-70,73-76,78-79,82-84H,3-12,16,18-57,59-61,63-67H2,1-2H3,(H,77,80)/b14-13-,17-15-,62-58+. The summed E-state index contributed by atoms with van der Waals surface area (Å²) in [7, 11) is 0. The number of allylic oxidation sites excluding steroid dienone is 5. The van der Waals surface area contributed by atoms with Crippen molar-refractivity contribution in [2.24, 2.45) is 0 Å². The number of aliphatic hydroxyl groups is 5. The molecule has 1 fully saturated rings. The summed E-state index contributed by atoms with van der Waals surface area (Å²) < 4.78 is 16.7. The molecule has 6 N–H and O–H groups in total. The zero-order valence-electron chi connectivity index (χ0n) is 57.0. The molecule has 0 aliphatic carbocycles. The molecular formula is C76H143NO10. The lowest BCUT2D eigenvalue weighted by atomic mass is 9.99. The zero-order chi connectivity index (χ0) is 63.0. The van der Waals surface area contributed by atoms with Crippen LogP contribution in [0.15, 0.2) is 36.5 Å². The predicted molar refractivity (Wildman–Crippen MR) is 366 cm³/mol. The van der Waals surface area contributed by atoms with Crippen LogP contribution in [-0.2, 0) is 23.8 Å². The maximum Gasteiger partial charge on any atom is 0.305 e. The van der Waals surface area contributed by atoms with E-state index < -0.39 is 49.5 Å². The van der Waals surface area contributed by atoms with E-state index in [9.17, 15) is 35.1 Å². The van der Waals surface area contributed by atoms with Crippen LogP contribution in [0.5, 0.6) is 0 Å². The first-order chi connectivity index (χ1) is 42.7. The van der Waals surface area contributed by atoms with Gasteiger partial charge in [0.25, 0.3) is 0 Å². The molecule has 7 atom stereocenters. The number of ether oxygens (including phenoxy) is 3. The molecule has 1 aliphatic rings. The van der Waals surface area contributed by atoms with Gasteiger partial charge < -0.3 is 45.1 Å². The lowest BCUT2D eigenvalue weighted by Crippen LogP contribution is -2.60. The first-order valence-electron chi connectivity index (χ1n) is 37.8. The first-order valence-corrected chi connectivity index (χ1v) is 37.8. The van der Waals surface area contributed by atoms with Crippen molar-refractivity contribution < 1.29 is 49.3 Å². The van der Waals surface area contributed by atoms with Gasteiger partial charge in [-0.25, -0.2) is 0 Å². The van der Waals surface area contributed by atoms with Crippen LogP contribution in [-0.4, -0.2) is 100 Å².